The van der Waals surface area contributed by atoms with Crippen LogP contribution in [0.3, 0.4) is 0 Å². The molecule has 0 bridgehead atoms. The third kappa shape index (κ3) is 5.04. The predicted octanol–water partition coefficient (Wildman–Crippen LogP) is -0.544. The van der Waals surface area contributed by atoms with Gasteiger partial charge in [-0.3, -0.25) is 19.5 Å². The molecular weight excluding hydrogens is 348 g/mol. The summed E-state index contributed by atoms with van der Waals surface area (Å²) in [5.74, 6) is 0.156. The van der Waals surface area contributed by atoms with Crippen molar-refractivity contribution in [1.29, 1.82) is 0 Å². The van der Waals surface area contributed by atoms with E-state index < -0.39 is 6.04 Å². The highest BCUT2D eigenvalue weighted by Gasteiger charge is 2.31. The molecule has 0 unspecified atom stereocenters. The van der Waals surface area contributed by atoms with Crippen LogP contribution in [0, 0.1) is 6.92 Å². The van der Waals surface area contributed by atoms with Crippen LogP contribution < -0.4 is 16.3 Å². The van der Waals surface area contributed by atoms with Crippen molar-refractivity contribution >= 4 is 11.8 Å². The molecule has 144 valence electrons. The van der Waals surface area contributed by atoms with Crippen molar-refractivity contribution in [2.75, 3.05) is 19.6 Å². The van der Waals surface area contributed by atoms with Gasteiger partial charge in [-0.1, -0.05) is 24.3 Å². The zero-order valence-electron chi connectivity index (χ0n) is 15.2. The molecule has 2 amide bonds. The second-order valence-electron chi connectivity index (χ2n) is 6.63. The van der Waals surface area contributed by atoms with Gasteiger partial charge in [0.1, 0.15) is 5.82 Å². The summed E-state index contributed by atoms with van der Waals surface area (Å²) in [6.45, 7) is 4.29. The highest BCUT2D eigenvalue weighted by atomic mass is 16.2. The molecule has 0 radical (unpaired) electrons. The lowest BCUT2D eigenvalue weighted by molar-refractivity contribution is -0.134. The maximum atomic E-state index is 12.3. The number of nitrogens with zero attached hydrogens (tertiary/aromatic N) is 2. The summed E-state index contributed by atoms with van der Waals surface area (Å²) >= 11 is 0. The lowest BCUT2D eigenvalue weighted by atomic mass is 10.0. The molecule has 1 aromatic carbocycles. The van der Waals surface area contributed by atoms with E-state index in [4.69, 9.17) is 0 Å². The fourth-order valence-corrected chi connectivity index (χ4v) is 3.17. The molecule has 4 N–H and O–H groups in total. The van der Waals surface area contributed by atoms with E-state index in [0.717, 1.165) is 5.56 Å². The Morgan fingerprint density at radius 2 is 2.15 bits per heavy atom. The first-order valence-electron chi connectivity index (χ1n) is 8.99. The number of carbonyl (C=O) groups is 2. The van der Waals surface area contributed by atoms with Gasteiger partial charge in [-0.2, -0.15) is 5.10 Å². The summed E-state index contributed by atoms with van der Waals surface area (Å²) in [6.07, 6.45) is 0.503. The van der Waals surface area contributed by atoms with Crippen LogP contribution in [0.2, 0.25) is 0 Å². The molecule has 2 heterocycles. The number of aromatic nitrogens is 3. The molecule has 3 rings (SSSR count). The fourth-order valence-electron chi connectivity index (χ4n) is 3.17. The number of H-pyrrole nitrogens is 2. The van der Waals surface area contributed by atoms with Crippen LogP contribution in [-0.2, 0) is 22.6 Å². The topological polar surface area (TPSA) is 123 Å². The van der Waals surface area contributed by atoms with Gasteiger partial charge in [-0.05, 0) is 18.1 Å². The van der Waals surface area contributed by atoms with Crippen molar-refractivity contribution in [1.82, 2.24) is 30.7 Å². The zero-order chi connectivity index (χ0) is 19.2. The smallest absolute Gasteiger partial charge is 0.340 e. The molecule has 1 aliphatic heterocycles. The number of aromatic amines is 2. The van der Waals surface area contributed by atoms with Crippen LogP contribution in [0.15, 0.2) is 29.1 Å². The standard InChI is InChI=1S/C18H24N6O3/c1-12-4-2-3-5-13(12)11-24-9-8-20-17(26)14(24)10-16(25)19-7-6-15-21-18(27)23-22-15/h2-5,14H,6-11H2,1H3,(H,19,25)(H,20,26)(H2,21,22,23,27)/t14-/m1/s1. The summed E-state index contributed by atoms with van der Waals surface area (Å²) in [6, 6.07) is 7.56. The minimum absolute atomic E-state index is 0.0921. The monoisotopic (exact) mass is 372 g/mol. The van der Waals surface area contributed by atoms with Gasteiger partial charge < -0.3 is 10.6 Å². The normalized spacial score (nSPS) is 17.5. The van der Waals surface area contributed by atoms with Gasteiger partial charge in [0.25, 0.3) is 0 Å². The molecule has 2 aromatic rings. The Morgan fingerprint density at radius 1 is 1.33 bits per heavy atom. The molecule has 1 saturated heterocycles. The van der Waals surface area contributed by atoms with Crippen LogP contribution in [0.25, 0.3) is 0 Å². The second-order valence-corrected chi connectivity index (χ2v) is 6.63. The molecule has 1 aliphatic rings. The van der Waals surface area contributed by atoms with E-state index in [1.165, 1.54) is 5.56 Å². The average molecular weight is 372 g/mol. The van der Waals surface area contributed by atoms with E-state index in [2.05, 4.69) is 25.8 Å². The van der Waals surface area contributed by atoms with E-state index in [-0.39, 0.29) is 23.9 Å². The number of piperazine rings is 1. The van der Waals surface area contributed by atoms with Gasteiger partial charge in [-0.15, -0.1) is 0 Å². The molecule has 0 saturated carbocycles. The number of nitrogens with one attached hydrogen (secondary N) is 4. The van der Waals surface area contributed by atoms with E-state index in [9.17, 15) is 14.4 Å². The SMILES string of the molecule is Cc1ccccc1CN1CCNC(=O)[C@H]1CC(=O)NCCc1n[nH]c(=O)[nH]1. The van der Waals surface area contributed by atoms with Gasteiger partial charge in [0, 0.05) is 32.6 Å². The Hall–Kier alpha value is -2.94. The zero-order valence-corrected chi connectivity index (χ0v) is 15.2. The maximum absolute atomic E-state index is 12.3. The number of rotatable bonds is 7. The van der Waals surface area contributed by atoms with Gasteiger partial charge in [0.2, 0.25) is 11.8 Å². The fraction of sp³-hybridized carbons (Fsp3) is 0.444. The highest BCUT2D eigenvalue weighted by molar-refractivity contribution is 5.88. The molecule has 0 spiro atoms. The number of aryl methyl sites for hydroxylation is 1. The Kier molecular flexibility index (Phi) is 6.02. The number of benzene rings is 1. The lowest BCUT2D eigenvalue weighted by Gasteiger charge is -2.35. The van der Waals surface area contributed by atoms with Crippen molar-refractivity contribution in [3.8, 4) is 0 Å². The van der Waals surface area contributed by atoms with E-state index in [1.54, 1.807) is 0 Å². The second kappa shape index (κ2) is 8.63. The highest BCUT2D eigenvalue weighted by Crippen LogP contribution is 2.16. The summed E-state index contributed by atoms with van der Waals surface area (Å²) < 4.78 is 0. The van der Waals surface area contributed by atoms with Gasteiger partial charge in [0.05, 0.1) is 12.5 Å². The largest absolute Gasteiger partial charge is 0.356 e. The lowest BCUT2D eigenvalue weighted by Crippen LogP contribution is -2.56. The average Bonchev–Trinajstić information content (AvgIpc) is 3.05. The van der Waals surface area contributed by atoms with E-state index in [0.29, 0.717) is 38.4 Å². The molecule has 1 aromatic heterocycles. The van der Waals surface area contributed by atoms with Crippen molar-refractivity contribution in [2.24, 2.45) is 0 Å². The molecule has 0 aliphatic carbocycles. The summed E-state index contributed by atoms with van der Waals surface area (Å²) in [4.78, 5) is 40.2. The number of carbonyl (C=O) groups excluding carboxylic acids is 2. The minimum Gasteiger partial charge on any atom is -0.356 e. The Balaban J connectivity index is 1.56. The van der Waals surface area contributed by atoms with Gasteiger partial charge in [-0.25, -0.2) is 9.89 Å². The Morgan fingerprint density at radius 3 is 2.89 bits per heavy atom. The molecule has 9 heteroatoms. The molecule has 27 heavy (non-hydrogen) atoms. The summed E-state index contributed by atoms with van der Waals surface area (Å²) in [5.41, 5.74) is 1.95. The number of hydrogen-bond donors (Lipinski definition) is 4. The van der Waals surface area contributed by atoms with Crippen LogP contribution in [0.4, 0.5) is 0 Å². The van der Waals surface area contributed by atoms with Gasteiger partial charge in [0.15, 0.2) is 0 Å². The van der Waals surface area contributed by atoms with Gasteiger partial charge >= 0.3 is 5.69 Å². The van der Waals surface area contributed by atoms with Crippen molar-refractivity contribution in [2.45, 2.75) is 32.4 Å². The van der Waals surface area contributed by atoms with E-state index >= 15 is 0 Å². The molecule has 9 nitrogen and oxygen atoms in total. The first-order valence-corrected chi connectivity index (χ1v) is 8.99. The summed E-state index contributed by atoms with van der Waals surface area (Å²) in [5, 5.41) is 11.7. The van der Waals surface area contributed by atoms with Crippen molar-refractivity contribution in [3.05, 3.63) is 51.7 Å². The first-order chi connectivity index (χ1) is 13.0. The summed E-state index contributed by atoms with van der Waals surface area (Å²) in [7, 11) is 0. The third-order valence-corrected chi connectivity index (χ3v) is 4.69. The van der Waals surface area contributed by atoms with E-state index in [1.807, 2.05) is 36.1 Å². The predicted molar refractivity (Wildman–Crippen MR) is 98.9 cm³/mol. The molecular formula is C18H24N6O3. The third-order valence-electron chi connectivity index (χ3n) is 4.69. The van der Waals surface area contributed by atoms with Crippen LogP contribution >= 0.6 is 0 Å². The first kappa shape index (κ1) is 18.8. The quantitative estimate of drug-likeness (QED) is 0.520. The Labute approximate surface area is 156 Å². The van der Waals surface area contributed by atoms with Crippen molar-refractivity contribution < 1.29 is 9.59 Å². The van der Waals surface area contributed by atoms with Crippen LogP contribution in [-0.4, -0.2) is 57.6 Å². The van der Waals surface area contributed by atoms with Crippen molar-refractivity contribution in [3.63, 3.8) is 0 Å². The maximum Gasteiger partial charge on any atom is 0.340 e. The Bertz CT molecular complexity index is 859. The molecule has 1 atom stereocenters. The number of hydrogen-bond acceptors (Lipinski definition) is 5. The van der Waals surface area contributed by atoms with Crippen LogP contribution in [0.5, 0.6) is 0 Å². The minimum atomic E-state index is -0.497. The van der Waals surface area contributed by atoms with Crippen LogP contribution in [0.1, 0.15) is 23.4 Å². The molecule has 1 fully saturated rings. The number of amides is 2.